The molecule has 1 atom stereocenters. The van der Waals surface area contributed by atoms with E-state index in [0.29, 0.717) is 0 Å². The van der Waals surface area contributed by atoms with E-state index in [2.05, 4.69) is 15.6 Å². The average molecular weight is 275 g/mol. The molecule has 110 valence electrons. The van der Waals surface area contributed by atoms with Crippen molar-refractivity contribution in [2.24, 2.45) is 5.92 Å². The van der Waals surface area contributed by atoms with Crippen molar-refractivity contribution in [3.05, 3.63) is 30.1 Å². The van der Waals surface area contributed by atoms with E-state index in [-0.39, 0.29) is 12.1 Å². The van der Waals surface area contributed by atoms with E-state index in [1.807, 2.05) is 25.1 Å². The molecule has 0 bridgehead atoms. The largest absolute Gasteiger partial charge is 0.338 e. The van der Waals surface area contributed by atoms with Gasteiger partial charge < -0.3 is 10.6 Å². The first-order chi connectivity index (χ1) is 9.75. The summed E-state index contributed by atoms with van der Waals surface area (Å²) in [5.74, 6) is 0.896. The van der Waals surface area contributed by atoms with E-state index in [1.165, 1.54) is 32.1 Å². The molecular formula is C16H25N3O. The van der Waals surface area contributed by atoms with Crippen molar-refractivity contribution < 1.29 is 4.79 Å². The van der Waals surface area contributed by atoms with Crippen molar-refractivity contribution >= 4 is 6.03 Å². The van der Waals surface area contributed by atoms with E-state index >= 15 is 0 Å². The third-order valence-electron chi connectivity index (χ3n) is 4.03. The van der Waals surface area contributed by atoms with Crippen molar-refractivity contribution in [3.63, 3.8) is 0 Å². The predicted molar refractivity (Wildman–Crippen MR) is 80.4 cm³/mol. The second-order valence-corrected chi connectivity index (χ2v) is 5.67. The van der Waals surface area contributed by atoms with E-state index in [9.17, 15) is 4.79 Å². The number of aromatic nitrogens is 1. The smallest absolute Gasteiger partial charge is 0.315 e. The van der Waals surface area contributed by atoms with Gasteiger partial charge in [0.15, 0.2) is 0 Å². The van der Waals surface area contributed by atoms with Crippen LogP contribution >= 0.6 is 0 Å². The highest BCUT2D eigenvalue weighted by molar-refractivity contribution is 5.74. The van der Waals surface area contributed by atoms with Gasteiger partial charge in [-0.05, 0) is 37.8 Å². The molecule has 1 aromatic rings. The van der Waals surface area contributed by atoms with Crippen LogP contribution in [0.3, 0.4) is 0 Å². The number of carbonyl (C=O) groups is 1. The Kier molecular flexibility index (Phi) is 5.84. The average Bonchev–Trinajstić information content (AvgIpc) is 2.98. The molecule has 0 spiro atoms. The Labute approximate surface area is 121 Å². The predicted octanol–water partition coefficient (Wildman–Crippen LogP) is 3.41. The molecule has 1 fully saturated rings. The number of urea groups is 1. The summed E-state index contributed by atoms with van der Waals surface area (Å²) in [6, 6.07) is 5.56. The Morgan fingerprint density at radius 2 is 2.20 bits per heavy atom. The van der Waals surface area contributed by atoms with Crippen LogP contribution in [-0.4, -0.2) is 17.6 Å². The first kappa shape index (κ1) is 14.8. The van der Waals surface area contributed by atoms with Crippen LogP contribution in [0.15, 0.2) is 24.4 Å². The number of hydrogen-bond donors (Lipinski definition) is 2. The molecule has 0 saturated heterocycles. The summed E-state index contributed by atoms with van der Waals surface area (Å²) in [5, 5.41) is 5.84. The number of amides is 2. The molecule has 1 aliphatic rings. The zero-order valence-electron chi connectivity index (χ0n) is 12.3. The number of pyridine rings is 1. The fraction of sp³-hybridized carbons (Fsp3) is 0.625. The van der Waals surface area contributed by atoms with Gasteiger partial charge in [-0.15, -0.1) is 0 Å². The maximum atomic E-state index is 11.8. The van der Waals surface area contributed by atoms with Gasteiger partial charge in [-0.3, -0.25) is 4.98 Å². The maximum absolute atomic E-state index is 11.8. The number of hydrogen-bond acceptors (Lipinski definition) is 2. The van der Waals surface area contributed by atoms with Crippen LogP contribution in [0.1, 0.15) is 57.2 Å². The summed E-state index contributed by atoms with van der Waals surface area (Å²) in [6.07, 6.45) is 9.60. The fourth-order valence-corrected chi connectivity index (χ4v) is 2.85. The SMILES string of the molecule is CC(NC(=O)NCCCC1CCCC1)c1ccccn1. The number of carbonyl (C=O) groups excluding carboxylic acids is 1. The van der Waals surface area contributed by atoms with Crippen LogP contribution in [0.5, 0.6) is 0 Å². The highest BCUT2D eigenvalue weighted by Crippen LogP contribution is 2.28. The minimum Gasteiger partial charge on any atom is -0.338 e. The molecule has 4 heteroatoms. The standard InChI is InChI=1S/C16H25N3O/c1-13(15-10-4-5-11-17-15)19-16(20)18-12-6-9-14-7-2-3-8-14/h4-5,10-11,13-14H,2-3,6-9,12H2,1H3,(H2,18,19,20). The molecule has 1 heterocycles. The summed E-state index contributed by atoms with van der Waals surface area (Å²) in [5.41, 5.74) is 0.883. The monoisotopic (exact) mass is 275 g/mol. The number of nitrogens with one attached hydrogen (secondary N) is 2. The zero-order chi connectivity index (χ0) is 14.2. The van der Waals surface area contributed by atoms with Gasteiger partial charge in [0.2, 0.25) is 0 Å². The van der Waals surface area contributed by atoms with Gasteiger partial charge in [0, 0.05) is 12.7 Å². The van der Waals surface area contributed by atoms with Crippen molar-refractivity contribution in [1.82, 2.24) is 15.6 Å². The molecule has 2 rings (SSSR count). The quantitative estimate of drug-likeness (QED) is 0.782. The second-order valence-electron chi connectivity index (χ2n) is 5.67. The van der Waals surface area contributed by atoms with Gasteiger partial charge >= 0.3 is 6.03 Å². The van der Waals surface area contributed by atoms with E-state index in [0.717, 1.165) is 24.6 Å². The van der Waals surface area contributed by atoms with Gasteiger partial charge in [0.05, 0.1) is 11.7 Å². The molecular weight excluding hydrogens is 250 g/mol. The first-order valence-electron chi connectivity index (χ1n) is 7.71. The molecule has 1 aliphatic carbocycles. The third kappa shape index (κ3) is 4.83. The highest BCUT2D eigenvalue weighted by atomic mass is 16.2. The van der Waals surface area contributed by atoms with Crippen LogP contribution in [0.2, 0.25) is 0 Å². The third-order valence-corrected chi connectivity index (χ3v) is 4.03. The molecule has 2 amide bonds. The minimum atomic E-state index is -0.102. The molecule has 2 N–H and O–H groups in total. The van der Waals surface area contributed by atoms with E-state index < -0.39 is 0 Å². The molecule has 1 unspecified atom stereocenters. The molecule has 4 nitrogen and oxygen atoms in total. The van der Waals surface area contributed by atoms with E-state index in [4.69, 9.17) is 0 Å². The fourth-order valence-electron chi connectivity index (χ4n) is 2.85. The Morgan fingerprint density at radius 1 is 1.40 bits per heavy atom. The summed E-state index contributed by atoms with van der Waals surface area (Å²) in [7, 11) is 0. The van der Waals surface area contributed by atoms with Crippen molar-refractivity contribution in [3.8, 4) is 0 Å². The lowest BCUT2D eigenvalue weighted by atomic mass is 10.0. The molecule has 1 saturated carbocycles. The van der Waals surface area contributed by atoms with E-state index in [1.54, 1.807) is 6.20 Å². The Morgan fingerprint density at radius 3 is 2.90 bits per heavy atom. The molecule has 0 aliphatic heterocycles. The van der Waals surface area contributed by atoms with Crippen LogP contribution in [-0.2, 0) is 0 Å². The van der Waals surface area contributed by atoms with Gasteiger partial charge in [0.25, 0.3) is 0 Å². The van der Waals surface area contributed by atoms with Gasteiger partial charge in [-0.1, -0.05) is 31.7 Å². The lowest BCUT2D eigenvalue weighted by molar-refractivity contribution is 0.237. The van der Waals surface area contributed by atoms with Crippen LogP contribution in [0, 0.1) is 5.92 Å². The summed E-state index contributed by atoms with van der Waals surface area (Å²) in [6.45, 7) is 2.71. The second kappa shape index (κ2) is 7.88. The molecule has 0 radical (unpaired) electrons. The highest BCUT2D eigenvalue weighted by Gasteiger charge is 2.14. The molecule has 0 aromatic carbocycles. The molecule has 20 heavy (non-hydrogen) atoms. The van der Waals surface area contributed by atoms with Gasteiger partial charge in [-0.2, -0.15) is 0 Å². The lowest BCUT2D eigenvalue weighted by Gasteiger charge is -2.14. The summed E-state index contributed by atoms with van der Waals surface area (Å²) < 4.78 is 0. The first-order valence-corrected chi connectivity index (χ1v) is 7.71. The van der Waals surface area contributed by atoms with Crippen molar-refractivity contribution in [2.45, 2.75) is 51.5 Å². The topological polar surface area (TPSA) is 54.0 Å². The summed E-state index contributed by atoms with van der Waals surface area (Å²) >= 11 is 0. The maximum Gasteiger partial charge on any atom is 0.315 e. The normalized spacial score (nSPS) is 16.9. The van der Waals surface area contributed by atoms with Crippen LogP contribution < -0.4 is 10.6 Å². The summed E-state index contributed by atoms with van der Waals surface area (Å²) in [4.78, 5) is 16.0. The van der Waals surface area contributed by atoms with Gasteiger partial charge in [0.1, 0.15) is 0 Å². The Balaban J connectivity index is 1.60. The Bertz CT molecular complexity index is 401. The van der Waals surface area contributed by atoms with Crippen LogP contribution in [0.25, 0.3) is 0 Å². The van der Waals surface area contributed by atoms with Crippen LogP contribution in [0.4, 0.5) is 4.79 Å². The van der Waals surface area contributed by atoms with Gasteiger partial charge in [-0.25, -0.2) is 4.79 Å². The molecule has 1 aromatic heterocycles. The Hall–Kier alpha value is -1.58. The van der Waals surface area contributed by atoms with Crippen molar-refractivity contribution in [2.75, 3.05) is 6.54 Å². The number of nitrogens with zero attached hydrogens (tertiary/aromatic N) is 1. The lowest BCUT2D eigenvalue weighted by Crippen LogP contribution is -2.37. The zero-order valence-corrected chi connectivity index (χ0v) is 12.3. The minimum absolute atomic E-state index is 0.0639. The number of rotatable bonds is 6. The van der Waals surface area contributed by atoms with Crippen molar-refractivity contribution in [1.29, 1.82) is 0 Å².